The number of aromatic amines is 1. The molecule has 0 atom stereocenters. The van der Waals surface area contributed by atoms with Crippen LogP contribution in [0.4, 0.5) is 18.0 Å². The lowest BCUT2D eigenvalue weighted by molar-refractivity contribution is -0.137. The molecule has 3 rings (SSSR count). The van der Waals surface area contributed by atoms with E-state index in [9.17, 15) is 18.0 Å². The zero-order valence-corrected chi connectivity index (χ0v) is 15.0. The lowest BCUT2D eigenvalue weighted by atomic mass is 9.96. The number of ether oxygens (including phenoxy) is 1. The van der Waals surface area contributed by atoms with Crippen molar-refractivity contribution >= 4 is 17.1 Å². The van der Waals surface area contributed by atoms with Crippen LogP contribution in [0.1, 0.15) is 50.9 Å². The van der Waals surface area contributed by atoms with Crippen LogP contribution in [0.5, 0.6) is 0 Å². The smallest absolute Gasteiger partial charge is 0.416 e. The first kappa shape index (κ1) is 18.5. The van der Waals surface area contributed by atoms with E-state index in [0.717, 1.165) is 12.1 Å². The van der Waals surface area contributed by atoms with Crippen LogP contribution in [-0.2, 0) is 10.9 Å². The number of fused-ring (bicyclic) bond motifs is 1. The van der Waals surface area contributed by atoms with E-state index in [1.807, 2.05) is 20.8 Å². The molecule has 2 aromatic rings. The normalized spacial score (nSPS) is 16.9. The third-order valence-corrected chi connectivity index (χ3v) is 4.36. The molecular weight excluding hydrogens is 347 g/mol. The molecule has 1 aromatic carbocycles. The molecule has 1 aliphatic heterocycles. The molecule has 0 aliphatic carbocycles. The highest BCUT2D eigenvalue weighted by Gasteiger charge is 2.32. The number of carbonyl (C=O) groups is 1. The number of amides is 1. The first-order valence-corrected chi connectivity index (χ1v) is 8.58. The molecule has 0 saturated carbocycles. The second-order valence-electron chi connectivity index (χ2n) is 7.59. The Morgan fingerprint density at radius 1 is 1.23 bits per heavy atom. The molecule has 1 aromatic heterocycles. The third-order valence-electron chi connectivity index (χ3n) is 4.36. The van der Waals surface area contributed by atoms with Gasteiger partial charge in [-0.25, -0.2) is 9.78 Å². The highest BCUT2D eigenvalue weighted by Crippen LogP contribution is 2.33. The summed E-state index contributed by atoms with van der Waals surface area (Å²) >= 11 is 0. The molecule has 1 fully saturated rings. The molecule has 0 unspecified atom stereocenters. The Labute approximate surface area is 149 Å². The van der Waals surface area contributed by atoms with E-state index in [-0.39, 0.29) is 12.0 Å². The van der Waals surface area contributed by atoms with Crippen LogP contribution in [0.2, 0.25) is 0 Å². The minimum atomic E-state index is -4.38. The maximum Gasteiger partial charge on any atom is 0.416 e. The van der Waals surface area contributed by atoms with Gasteiger partial charge in [-0.15, -0.1) is 0 Å². The fourth-order valence-electron chi connectivity index (χ4n) is 3.06. The number of likely N-dealkylation sites (tertiary alicyclic amines) is 1. The van der Waals surface area contributed by atoms with Gasteiger partial charge in [-0.1, -0.05) is 0 Å². The van der Waals surface area contributed by atoms with Gasteiger partial charge in [0.25, 0.3) is 0 Å². The lowest BCUT2D eigenvalue weighted by Gasteiger charge is -2.32. The summed E-state index contributed by atoms with van der Waals surface area (Å²) in [5, 5.41) is 0. The Hall–Kier alpha value is -2.25. The first-order valence-electron chi connectivity index (χ1n) is 8.58. The molecular formula is C18H22F3N3O2. The summed E-state index contributed by atoms with van der Waals surface area (Å²) in [6.45, 7) is 6.53. The second kappa shape index (κ2) is 6.48. The van der Waals surface area contributed by atoms with E-state index in [0.29, 0.717) is 42.8 Å². The molecule has 0 bridgehead atoms. The predicted molar refractivity (Wildman–Crippen MR) is 90.9 cm³/mol. The quantitative estimate of drug-likeness (QED) is 0.793. The summed E-state index contributed by atoms with van der Waals surface area (Å²) in [5.74, 6) is 0.749. The van der Waals surface area contributed by atoms with Crippen molar-refractivity contribution in [2.75, 3.05) is 13.1 Å². The van der Waals surface area contributed by atoms with Crippen molar-refractivity contribution in [3.8, 4) is 0 Å². The molecule has 8 heteroatoms. The minimum Gasteiger partial charge on any atom is -0.444 e. The molecule has 142 valence electrons. The average molecular weight is 369 g/mol. The standard InChI is InChI=1S/C18H22F3N3O2/c1-17(2,3)26-16(25)24-8-6-11(7-9-24)15-22-13-5-4-12(18(19,20)21)10-14(13)23-15/h4-5,10-11H,6-9H2,1-3H3,(H,22,23). The number of aromatic nitrogens is 2. The zero-order valence-electron chi connectivity index (χ0n) is 15.0. The van der Waals surface area contributed by atoms with Crippen LogP contribution in [0.15, 0.2) is 18.2 Å². The van der Waals surface area contributed by atoms with Crippen molar-refractivity contribution in [2.24, 2.45) is 0 Å². The lowest BCUT2D eigenvalue weighted by Crippen LogP contribution is -2.41. The SMILES string of the molecule is CC(C)(C)OC(=O)N1CCC(c2nc3ccc(C(F)(F)F)cc3[nH]2)CC1. The summed E-state index contributed by atoms with van der Waals surface area (Å²) in [7, 11) is 0. The molecule has 26 heavy (non-hydrogen) atoms. The Morgan fingerprint density at radius 3 is 2.46 bits per heavy atom. The van der Waals surface area contributed by atoms with Crippen LogP contribution < -0.4 is 0 Å². The number of benzene rings is 1. The van der Waals surface area contributed by atoms with Crippen LogP contribution in [0, 0.1) is 0 Å². The number of H-pyrrole nitrogens is 1. The average Bonchev–Trinajstić information content (AvgIpc) is 2.95. The molecule has 1 saturated heterocycles. The van der Waals surface area contributed by atoms with Crippen LogP contribution in [0.3, 0.4) is 0 Å². The van der Waals surface area contributed by atoms with E-state index < -0.39 is 17.3 Å². The van der Waals surface area contributed by atoms with Gasteiger partial charge in [-0.2, -0.15) is 13.2 Å². The topological polar surface area (TPSA) is 58.2 Å². The number of nitrogens with one attached hydrogen (secondary N) is 1. The van der Waals surface area contributed by atoms with Crippen molar-refractivity contribution in [3.05, 3.63) is 29.6 Å². The number of carbonyl (C=O) groups excluding carboxylic acids is 1. The van der Waals surface area contributed by atoms with Crippen LogP contribution >= 0.6 is 0 Å². The Bertz CT molecular complexity index is 800. The number of imidazole rings is 1. The molecule has 1 aliphatic rings. The molecule has 2 heterocycles. The number of nitrogens with zero attached hydrogens (tertiary/aromatic N) is 2. The predicted octanol–water partition coefficient (Wildman–Crippen LogP) is 4.70. The van der Waals surface area contributed by atoms with E-state index in [1.54, 1.807) is 4.90 Å². The monoisotopic (exact) mass is 369 g/mol. The Kier molecular flexibility index (Phi) is 4.62. The van der Waals surface area contributed by atoms with Gasteiger partial charge >= 0.3 is 12.3 Å². The second-order valence-corrected chi connectivity index (χ2v) is 7.59. The van der Waals surface area contributed by atoms with Crippen molar-refractivity contribution in [1.82, 2.24) is 14.9 Å². The Balaban J connectivity index is 1.69. The number of halogens is 3. The zero-order chi connectivity index (χ0) is 19.1. The van der Waals surface area contributed by atoms with Gasteiger partial charge in [0.1, 0.15) is 11.4 Å². The third kappa shape index (κ3) is 4.11. The van der Waals surface area contributed by atoms with Crippen LogP contribution in [0.25, 0.3) is 11.0 Å². The first-order chi connectivity index (χ1) is 12.0. The fourth-order valence-corrected chi connectivity index (χ4v) is 3.06. The van der Waals surface area contributed by atoms with Crippen molar-refractivity contribution in [2.45, 2.75) is 51.3 Å². The van der Waals surface area contributed by atoms with Gasteiger partial charge in [0.05, 0.1) is 16.6 Å². The maximum absolute atomic E-state index is 12.8. The number of alkyl halides is 3. The van der Waals surface area contributed by atoms with Gasteiger partial charge in [0, 0.05) is 19.0 Å². The highest BCUT2D eigenvalue weighted by molar-refractivity contribution is 5.76. The van der Waals surface area contributed by atoms with Crippen LogP contribution in [-0.4, -0.2) is 39.7 Å². The van der Waals surface area contributed by atoms with Gasteiger partial charge in [0.2, 0.25) is 0 Å². The van der Waals surface area contributed by atoms with Crippen molar-refractivity contribution < 1.29 is 22.7 Å². The summed E-state index contributed by atoms with van der Waals surface area (Å²) in [4.78, 5) is 21.2. The van der Waals surface area contributed by atoms with E-state index in [4.69, 9.17) is 4.74 Å². The van der Waals surface area contributed by atoms with E-state index >= 15 is 0 Å². The largest absolute Gasteiger partial charge is 0.444 e. The number of hydrogen-bond donors (Lipinski definition) is 1. The summed E-state index contributed by atoms with van der Waals surface area (Å²) < 4.78 is 43.9. The summed E-state index contributed by atoms with van der Waals surface area (Å²) in [5.41, 5.74) is -0.338. The van der Waals surface area contributed by atoms with Crippen molar-refractivity contribution in [3.63, 3.8) is 0 Å². The Morgan fingerprint density at radius 2 is 1.88 bits per heavy atom. The highest BCUT2D eigenvalue weighted by atomic mass is 19.4. The number of piperidine rings is 1. The maximum atomic E-state index is 12.8. The van der Waals surface area contributed by atoms with Gasteiger partial charge in [0.15, 0.2) is 0 Å². The van der Waals surface area contributed by atoms with Gasteiger partial charge in [-0.3, -0.25) is 0 Å². The number of rotatable bonds is 1. The molecule has 1 N–H and O–H groups in total. The molecule has 0 spiro atoms. The molecule has 1 amide bonds. The van der Waals surface area contributed by atoms with E-state index in [2.05, 4.69) is 9.97 Å². The van der Waals surface area contributed by atoms with Crippen molar-refractivity contribution in [1.29, 1.82) is 0 Å². The molecule has 0 radical (unpaired) electrons. The summed E-state index contributed by atoms with van der Waals surface area (Å²) in [6.07, 6.45) is -3.34. The fraction of sp³-hybridized carbons (Fsp3) is 0.556. The van der Waals surface area contributed by atoms with Gasteiger partial charge < -0.3 is 14.6 Å². The summed E-state index contributed by atoms with van der Waals surface area (Å²) in [6, 6.07) is 3.51. The number of hydrogen-bond acceptors (Lipinski definition) is 3. The minimum absolute atomic E-state index is 0.0791. The van der Waals surface area contributed by atoms with E-state index in [1.165, 1.54) is 6.07 Å². The van der Waals surface area contributed by atoms with Gasteiger partial charge in [-0.05, 0) is 51.8 Å². The molecule has 5 nitrogen and oxygen atoms in total.